The van der Waals surface area contributed by atoms with Crippen LogP contribution >= 0.6 is 27.3 Å². The lowest BCUT2D eigenvalue weighted by Crippen LogP contribution is -1.97. The van der Waals surface area contributed by atoms with Crippen molar-refractivity contribution in [2.75, 3.05) is 5.32 Å². The number of hydrogen-bond acceptors (Lipinski definition) is 4. The Bertz CT molecular complexity index is 588. The molecule has 7 heteroatoms. The standard InChI is InChI=1S/C11H8BrFN2O2S/c12-9-5-7(1-3-10(9)13)14-6-8-2-4-11(18-8)15(16)17/h1-5,14H,6H2. The van der Waals surface area contributed by atoms with Gasteiger partial charge >= 0.3 is 5.00 Å². The van der Waals surface area contributed by atoms with E-state index in [0.29, 0.717) is 11.0 Å². The van der Waals surface area contributed by atoms with Crippen molar-refractivity contribution >= 4 is 38.0 Å². The van der Waals surface area contributed by atoms with Gasteiger partial charge in [0.05, 0.1) is 9.40 Å². The third-order valence-corrected chi connectivity index (χ3v) is 3.86. The highest BCUT2D eigenvalue weighted by molar-refractivity contribution is 9.10. The van der Waals surface area contributed by atoms with Crippen LogP contribution in [0.15, 0.2) is 34.8 Å². The molecule has 0 aliphatic heterocycles. The molecule has 0 unspecified atom stereocenters. The zero-order valence-electron chi connectivity index (χ0n) is 9.02. The normalized spacial score (nSPS) is 10.3. The average molecular weight is 331 g/mol. The van der Waals surface area contributed by atoms with E-state index in [9.17, 15) is 14.5 Å². The molecule has 18 heavy (non-hydrogen) atoms. The van der Waals surface area contributed by atoms with Crippen LogP contribution in [-0.4, -0.2) is 4.92 Å². The first-order valence-electron chi connectivity index (χ1n) is 4.98. The van der Waals surface area contributed by atoms with Crippen LogP contribution in [0.5, 0.6) is 0 Å². The lowest BCUT2D eigenvalue weighted by atomic mass is 10.3. The number of benzene rings is 1. The molecule has 0 amide bonds. The molecule has 4 nitrogen and oxygen atoms in total. The molecule has 2 aromatic rings. The van der Waals surface area contributed by atoms with E-state index in [1.807, 2.05) is 0 Å². The molecule has 1 heterocycles. The molecular weight excluding hydrogens is 323 g/mol. The molecule has 0 radical (unpaired) electrons. The molecule has 94 valence electrons. The van der Waals surface area contributed by atoms with E-state index in [2.05, 4.69) is 21.2 Å². The Morgan fingerprint density at radius 3 is 2.78 bits per heavy atom. The number of hydrogen-bond donors (Lipinski definition) is 1. The summed E-state index contributed by atoms with van der Waals surface area (Å²) in [6, 6.07) is 7.76. The summed E-state index contributed by atoms with van der Waals surface area (Å²) in [4.78, 5) is 11.0. The van der Waals surface area contributed by atoms with E-state index < -0.39 is 4.92 Å². The molecule has 0 spiro atoms. The van der Waals surface area contributed by atoms with Gasteiger partial charge in [0, 0.05) is 23.2 Å². The number of nitrogens with zero attached hydrogens (tertiary/aromatic N) is 1. The Morgan fingerprint density at radius 2 is 2.17 bits per heavy atom. The largest absolute Gasteiger partial charge is 0.380 e. The fourth-order valence-corrected chi connectivity index (χ4v) is 2.49. The second kappa shape index (κ2) is 5.45. The summed E-state index contributed by atoms with van der Waals surface area (Å²) in [6.07, 6.45) is 0. The predicted octanol–water partition coefficient (Wildman–Crippen LogP) is 4.17. The molecule has 0 aliphatic carbocycles. The topological polar surface area (TPSA) is 55.2 Å². The highest BCUT2D eigenvalue weighted by Crippen LogP contribution is 2.25. The van der Waals surface area contributed by atoms with Gasteiger partial charge in [-0.2, -0.15) is 0 Å². The molecule has 0 fully saturated rings. The van der Waals surface area contributed by atoms with Gasteiger partial charge < -0.3 is 5.32 Å². The fourth-order valence-electron chi connectivity index (χ4n) is 1.35. The van der Waals surface area contributed by atoms with E-state index >= 15 is 0 Å². The van der Waals surface area contributed by atoms with E-state index in [0.717, 1.165) is 21.9 Å². The SMILES string of the molecule is O=[N+]([O-])c1ccc(CNc2ccc(F)c(Br)c2)s1. The monoisotopic (exact) mass is 330 g/mol. The Labute approximate surface area is 115 Å². The Hall–Kier alpha value is -1.47. The molecule has 0 bridgehead atoms. The van der Waals surface area contributed by atoms with Crippen LogP contribution in [0, 0.1) is 15.9 Å². The average Bonchev–Trinajstić information content (AvgIpc) is 2.79. The van der Waals surface area contributed by atoms with Gasteiger partial charge in [0.15, 0.2) is 0 Å². The van der Waals surface area contributed by atoms with Crippen LogP contribution in [0.4, 0.5) is 15.1 Å². The molecule has 1 aromatic carbocycles. The van der Waals surface area contributed by atoms with Gasteiger partial charge in [0.1, 0.15) is 5.82 Å². The maximum absolute atomic E-state index is 13.0. The van der Waals surface area contributed by atoms with Crippen molar-refractivity contribution in [2.45, 2.75) is 6.54 Å². The van der Waals surface area contributed by atoms with E-state index in [-0.39, 0.29) is 10.8 Å². The maximum atomic E-state index is 13.0. The van der Waals surface area contributed by atoms with Gasteiger partial charge in [-0.05, 0) is 40.2 Å². The lowest BCUT2D eigenvalue weighted by Gasteiger charge is -2.05. The predicted molar refractivity (Wildman–Crippen MR) is 72.4 cm³/mol. The molecule has 2 rings (SSSR count). The van der Waals surface area contributed by atoms with Crippen molar-refractivity contribution in [1.29, 1.82) is 0 Å². The van der Waals surface area contributed by atoms with Gasteiger partial charge in [-0.1, -0.05) is 11.3 Å². The summed E-state index contributed by atoms with van der Waals surface area (Å²) in [5, 5.41) is 13.7. The number of anilines is 1. The lowest BCUT2D eigenvalue weighted by molar-refractivity contribution is -0.380. The Kier molecular flexibility index (Phi) is 3.93. The maximum Gasteiger partial charge on any atom is 0.324 e. The Balaban J connectivity index is 2.02. The zero-order valence-corrected chi connectivity index (χ0v) is 11.4. The smallest absolute Gasteiger partial charge is 0.324 e. The number of thiophene rings is 1. The number of nitro groups is 1. The summed E-state index contributed by atoms with van der Waals surface area (Å²) >= 11 is 4.21. The molecular formula is C11H8BrFN2O2S. The summed E-state index contributed by atoms with van der Waals surface area (Å²) in [5.74, 6) is -0.327. The number of nitrogens with one attached hydrogen (secondary N) is 1. The highest BCUT2D eigenvalue weighted by Gasteiger charge is 2.09. The van der Waals surface area contributed by atoms with Crippen molar-refractivity contribution in [3.8, 4) is 0 Å². The molecule has 0 atom stereocenters. The minimum Gasteiger partial charge on any atom is -0.380 e. The second-order valence-electron chi connectivity index (χ2n) is 3.48. The van der Waals surface area contributed by atoms with Gasteiger partial charge in [-0.25, -0.2) is 4.39 Å². The Morgan fingerprint density at radius 1 is 1.39 bits per heavy atom. The first-order chi connectivity index (χ1) is 8.56. The minimum atomic E-state index is -0.414. The molecule has 1 N–H and O–H groups in total. The van der Waals surface area contributed by atoms with Crippen molar-refractivity contribution in [3.63, 3.8) is 0 Å². The summed E-state index contributed by atoms with van der Waals surface area (Å²) in [6.45, 7) is 0.469. The first-order valence-corrected chi connectivity index (χ1v) is 6.59. The van der Waals surface area contributed by atoms with Gasteiger partial charge in [0.2, 0.25) is 0 Å². The highest BCUT2D eigenvalue weighted by atomic mass is 79.9. The zero-order chi connectivity index (χ0) is 13.1. The molecule has 0 saturated carbocycles. The molecule has 0 aliphatic rings. The van der Waals surface area contributed by atoms with Crippen LogP contribution in [0.3, 0.4) is 0 Å². The first kappa shape index (κ1) is 13.0. The van der Waals surface area contributed by atoms with E-state index in [1.54, 1.807) is 18.2 Å². The minimum absolute atomic E-state index is 0.118. The van der Waals surface area contributed by atoms with Crippen LogP contribution in [0.2, 0.25) is 0 Å². The van der Waals surface area contributed by atoms with E-state index in [1.165, 1.54) is 12.1 Å². The number of halogens is 2. The van der Waals surface area contributed by atoms with Gasteiger partial charge in [-0.3, -0.25) is 10.1 Å². The quantitative estimate of drug-likeness (QED) is 0.676. The molecule has 1 aromatic heterocycles. The molecule has 0 saturated heterocycles. The van der Waals surface area contributed by atoms with Crippen LogP contribution in [0.25, 0.3) is 0 Å². The third-order valence-electron chi connectivity index (χ3n) is 2.21. The van der Waals surface area contributed by atoms with Crippen LogP contribution in [0.1, 0.15) is 4.88 Å². The van der Waals surface area contributed by atoms with Gasteiger partial charge in [-0.15, -0.1) is 0 Å². The summed E-state index contributed by atoms with van der Waals surface area (Å²) in [7, 11) is 0. The van der Waals surface area contributed by atoms with Crippen molar-refractivity contribution in [2.24, 2.45) is 0 Å². The summed E-state index contributed by atoms with van der Waals surface area (Å²) < 4.78 is 13.4. The van der Waals surface area contributed by atoms with E-state index in [4.69, 9.17) is 0 Å². The van der Waals surface area contributed by atoms with Crippen LogP contribution in [-0.2, 0) is 6.54 Å². The second-order valence-corrected chi connectivity index (χ2v) is 5.48. The summed E-state index contributed by atoms with van der Waals surface area (Å²) in [5.41, 5.74) is 0.749. The van der Waals surface area contributed by atoms with Crippen molar-refractivity contribution in [1.82, 2.24) is 0 Å². The third kappa shape index (κ3) is 3.05. The fraction of sp³-hybridized carbons (Fsp3) is 0.0909. The number of rotatable bonds is 4. The van der Waals surface area contributed by atoms with Crippen molar-refractivity contribution in [3.05, 3.63) is 55.6 Å². The van der Waals surface area contributed by atoms with Crippen LogP contribution < -0.4 is 5.32 Å². The van der Waals surface area contributed by atoms with Gasteiger partial charge in [0.25, 0.3) is 0 Å². The van der Waals surface area contributed by atoms with Crippen molar-refractivity contribution < 1.29 is 9.31 Å².